The first kappa shape index (κ1) is 17.2. The lowest BCUT2D eigenvalue weighted by Gasteiger charge is -2.11. The molecule has 0 unspecified atom stereocenters. The summed E-state index contributed by atoms with van der Waals surface area (Å²) >= 11 is 1.60. The van der Waals surface area contributed by atoms with Crippen molar-refractivity contribution in [1.82, 2.24) is 4.98 Å². The molecule has 5 heteroatoms. The van der Waals surface area contributed by atoms with Crippen LogP contribution >= 0.6 is 11.8 Å². The fourth-order valence-corrected chi connectivity index (χ4v) is 3.21. The third-order valence-corrected chi connectivity index (χ3v) is 4.72. The number of benzene rings is 2. The maximum Gasteiger partial charge on any atom is 0.212 e. The van der Waals surface area contributed by atoms with Gasteiger partial charge in [0.25, 0.3) is 0 Å². The Bertz CT molecular complexity index is 807. The van der Waals surface area contributed by atoms with Gasteiger partial charge in [0.1, 0.15) is 12.4 Å². The van der Waals surface area contributed by atoms with E-state index in [1.807, 2.05) is 54.6 Å². The Morgan fingerprint density at radius 3 is 2.48 bits per heavy atom. The van der Waals surface area contributed by atoms with Crippen molar-refractivity contribution in [3.8, 4) is 17.4 Å². The number of aromatic hydroxyl groups is 1. The molecule has 0 aliphatic rings. The number of aromatic nitrogens is 1. The minimum atomic E-state index is -0.00991. The quantitative estimate of drug-likeness (QED) is 0.626. The number of nitrogens with zero attached hydrogens (tertiary/aromatic N) is 1. The molecule has 2 aromatic carbocycles. The van der Waals surface area contributed by atoms with Gasteiger partial charge in [0.05, 0.1) is 18.2 Å². The molecule has 0 saturated carbocycles. The van der Waals surface area contributed by atoms with Crippen molar-refractivity contribution in [2.24, 2.45) is 0 Å². The van der Waals surface area contributed by atoms with Gasteiger partial charge in [-0.05, 0) is 23.3 Å². The number of hydrogen-bond acceptors (Lipinski definition) is 5. The van der Waals surface area contributed by atoms with Crippen LogP contribution in [0.5, 0.6) is 17.4 Å². The normalized spacial score (nSPS) is 10.4. The first-order valence-electron chi connectivity index (χ1n) is 7.86. The topological polar surface area (TPSA) is 51.6 Å². The van der Waals surface area contributed by atoms with E-state index in [0.29, 0.717) is 12.4 Å². The monoisotopic (exact) mass is 353 g/mol. The smallest absolute Gasteiger partial charge is 0.212 e. The predicted octanol–water partition coefficient (Wildman–Crippen LogP) is 4.67. The Labute approximate surface area is 151 Å². The Balaban J connectivity index is 1.67. The van der Waals surface area contributed by atoms with Crippen LogP contribution in [-0.2, 0) is 12.4 Å². The van der Waals surface area contributed by atoms with Crippen molar-refractivity contribution >= 4 is 11.8 Å². The molecular weight excluding hydrogens is 334 g/mol. The second kappa shape index (κ2) is 8.44. The minimum absolute atomic E-state index is 0.00991. The van der Waals surface area contributed by atoms with Crippen molar-refractivity contribution < 1.29 is 14.6 Å². The van der Waals surface area contributed by atoms with Gasteiger partial charge in [0.2, 0.25) is 5.88 Å². The highest BCUT2D eigenvalue weighted by Crippen LogP contribution is 2.34. The van der Waals surface area contributed by atoms with E-state index in [4.69, 9.17) is 9.47 Å². The molecule has 3 aromatic rings. The van der Waals surface area contributed by atoms with Crippen LogP contribution in [0.15, 0.2) is 71.8 Å². The van der Waals surface area contributed by atoms with Gasteiger partial charge in [-0.3, -0.25) is 0 Å². The average Bonchev–Trinajstić information content (AvgIpc) is 2.67. The van der Waals surface area contributed by atoms with Gasteiger partial charge < -0.3 is 14.6 Å². The largest absolute Gasteiger partial charge is 0.497 e. The summed E-state index contributed by atoms with van der Waals surface area (Å²) < 4.78 is 11.1. The zero-order valence-electron chi connectivity index (χ0n) is 13.9. The molecule has 25 heavy (non-hydrogen) atoms. The minimum Gasteiger partial charge on any atom is -0.497 e. The molecule has 0 amide bonds. The van der Waals surface area contributed by atoms with Crippen LogP contribution in [-0.4, -0.2) is 17.2 Å². The van der Waals surface area contributed by atoms with Crippen molar-refractivity contribution in [3.63, 3.8) is 0 Å². The van der Waals surface area contributed by atoms with E-state index in [2.05, 4.69) is 4.98 Å². The molecule has 0 bridgehead atoms. The first-order chi connectivity index (χ1) is 12.2. The summed E-state index contributed by atoms with van der Waals surface area (Å²) in [5, 5.41) is 9.69. The van der Waals surface area contributed by atoms with E-state index in [9.17, 15) is 5.11 Å². The van der Waals surface area contributed by atoms with Crippen LogP contribution in [0.2, 0.25) is 0 Å². The van der Waals surface area contributed by atoms with Gasteiger partial charge in [-0.15, -0.1) is 11.8 Å². The van der Waals surface area contributed by atoms with Crippen molar-refractivity contribution in [3.05, 3.63) is 78.0 Å². The third kappa shape index (κ3) is 4.90. The summed E-state index contributed by atoms with van der Waals surface area (Å²) in [6.07, 6.45) is 1.56. The van der Waals surface area contributed by atoms with Crippen LogP contribution in [0.4, 0.5) is 0 Å². The lowest BCUT2D eigenvalue weighted by Crippen LogP contribution is -1.97. The summed E-state index contributed by atoms with van der Waals surface area (Å²) in [7, 11) is 1.65. The van der Waals surface area contributed by atoms with Gasteiger partial charge in [-0.25, -0.2) is 4.98 Å². The first-order valence-corrected chi connectivity index (χ1v) is 8.84. The molecule has 128 valence electrons. The lowest BCUT2D eigenvalue weighted by atomic mass is 10.2. The number of thioether (sulfide) groups is 1. The van der Waals surface area contributed by atoms with E-state index < -0.39 is 0 Å². The molecule has 0 fully saturated rings. The highest BCUT2D eigenvalue weighted by atomic mass is 32.2. The molecular formula is C20H19NO3S. The number of pyridine rings is 1. The van der Waals surface area contributed by atoms with E-state index in [-0.39, 0.29) is 5.88 Å². The highest BCUT2D eigenvalue weighted by molar-refractivity contribution is 7.98. The second-order valence-electron chi connectivity index (χ2n) is 5.40. The third-order valence-electron chi connectivity index (χ3n) is 3.61. The fourth-order valence-electron chi connectivity index (χ4n) is 2.25. The Kier molecular flexibility index (Phi) is 5.80. The SMILES string of the molecule is COc1ccc(CSc2cc(O)ncc2OCc2ccccc2)cc1. The number of ether oxygens (including phenoxy) is 2. The molecule has 3 rings (SSSR count). The number of rotatable bonds is 7. The van der Waals surface area contributed by atoms with Crippen molar-refractivity contribution in [1.29, 1.82) is 0 Å². The molecule has 0 aliphatic carbocycles. The van der Waals surface area contributed by atoms with Crippen LogP contribution < -0.4 is 9.47 Å². The fraction of sp³-hybridized carbons (Fsp3) is 0.150. The molecule has 0 atom stereocenters. The van der Waals surface area contributed by atoms with Crippen LogP contribution in [0.3, 0.4) is 0 Å². The second-order valence-corrected chi connectivity index (χ2v) is 6.42. The molecule has 1 N–H and O–H groups in total. The Morgan fingerprint density at radius 2 is 1.76 bits per heavy atom. The molecule has 1 heterocycles. The molecule has 0 saturated heterocycles. The van der Waals surface area contributed by atoms with E-state index >= 15 is 0 Å². The lowest BCUT2D eigenvalue weighted by molar-refractivity contribution is 0.296. The van der Waals surface area contributed by atoms with E-state index in [1.165, 1.54) is 0 Å². The molecule has 0 radical (unpaired) electrons. The molecule has 1 aromatic heterocycles. The highest BCUT2D eigenvalue weighted by Gasteiger charge is 2.08. The van der Waals surface area contributed by atoms with Crippen molar-refractivity contribution in [2.45, 2.75) is 17.3 Å². The van der Waals surface area contributed by atoms with Gasteiger partial charge in [-0.2, -0.15) is 0 Å². The summed E-state index contributed by atoms with van der Waals surface area (Å²) in [5.41, 5.74) is 2.25. The summed E-state index contributed by atoms with van der Waals surface area (Å²) in [6, 6.07) is 19.5. The maximum atomic E-state index is 9.69. The Hall–Kier alpha value is -2.66. The zero-order chi connectivity index (χ0) is 17.5. The van der Waals surface area contributed by atoms with E-state index in [1.54, 1.807) is 31.1 Å². The van der Waals surface area contributed by atoms with Gasteiger partial charge in [-0.1, -0.05) is 42.5 Å². The van der Waals surface area contributed by atoms with Crippen LogP contribution in [0.1, 0.15) is 11.1 Å². The molecule has 4 nitrogen and oxygen atoms in total. The number of methoxy groups -OCH3 is 1. The molecule has 0 spiro atoms. The molecule has 0 aliphatic heterocycles. The van der Waals surface area contributed by atoms with Crippen molar-refractivity contribution in [2.75, 3.05) is 7.11 Å². The van der Waals surface area contributed by atoms with Crippen LogP contribution in [0.25, 0.3) is 0 Å². The van der Waals surface area contributed by atoms with Gasteiger partial charge >= 0.3 is 0 Å². The average molecular weight is 353 g/mol. The Morgan fingerprint density at radius 1 is 1.00 bits per heavy atom. The summed E-state index contributed by atoms with van der Waals surface area (Å²) in [4.78, 5) is 4.79. The number of hydrogen-bond donors (Lipinski definition) is 1. The summed E-state index contributed by atoms with van der Waals surface area (Å²) in [5.74, 6) is 2.25. The van der Waals surface area contributed by atoms with Crippen LogP contribution in [0, 0.1) is 0 Å². The zero-order valence-corrected chi connectivity index (χ0v) is 14.7. The van der Waals surface area contributed by atoms with Gasteiger partial charge in [0.15, 0.2) is 5.75 Å². The predicted molar refractivity (Wildman–Crippen MR) is 99.2 cm³/mol. The van der Waals surface area contributed by atoms with Gasteiger partial charge in [0, 0.05) is 11.8 Å². The summed E-state index contributed by atoms with van der Waals surface area (Å²) in [6.45, 7) is 0.462. The standard InChI is InChI=1S/C20H19NO3S/c1-23-17-9-7-16(8-10-17)14-25-19-11-20(22)21-12-18(19)24-13-15-5-3-2-4-6-15/h2-12H,13-14H2,1H3,(H,21,22). The maximum absolute atomic E-state index is 9.69. The van der Waals surface area contributed by atoms with E-state index in [0.717, 1.165) is 27.5 Å².